The lowest BCUT2D eigenvalue weighted by molar-refractivity contribution is -0.124. The van der Waals surface area contributed by atoms with Crippen molar-refractivity contribution in [1.29, 1.82) is 0 Å². The van der Waals surface area contributed by atoms with E-state index in [9.17, 15) is 9.59 Å². The molecule has 1 aliphatic rings. The molecule has 1 fully saturated rings. The van der Waals surface area contributed by atoms with Crippen molar-refractivity contribution in [3.63, 3.8) is 0 Å². The van der Waals surface area contributed by atoms with Gasteiger partial charge in [-0.15, -0.1) is 0 Å². The van der Waals surface area contributed by atoms with Crippen LogP contribution in [0.15, 0.2) is 65.1 Å². The minimum Gasteiger partial charge on any atom is -0.461 e. The molecule has 8 heteroatoms. The maximum atomic E-state index is 12.9. The van der Waals surface area contributed by atoms with E-state index in [1.54, 1.807) is 36.7 Å². The van der Waals surface area contributed by atoms with E-state index >= 15 is 0 Å². The van der Waals surface area contributed by atoms with Gasteiger partial charge in [-0.3, -0.25) is 14.8 Å². The molecule has 4 rings (SSSR count). The van der Waals surface area contributed by atoms with Gasteiger partial charge in [0.1, 0.15) is 11.5 Å². The van der Waals surface area contributed by atoms with Crippen LogP contribution in [0.1, 0.15) is 34.5 Å². The van der Waals surface area contributed by atoms with E-state index in [0.29, 0.717) is 22.1 Å². The largest absolute Gasteiger partial charge is 0.461 e. The van der Waals surface area contributed by atoms with Gasteiger partial charge in [-0.1, -0.05) is 29.8 Å². The SMILES string of the molecule is Cc1oc(-c2ccc(Cl)cc2)cc1C(=O)NC1CCN(c2ccccc2/C=C/C(=O)NO)CC1. The molecule has 2 amide bonds. The van der Waals surface area contributed by atoms with Crippen LogP contribution in [0.25, 0.3) is 17.4 Å². The summed E-state index contributed by atoms with van der Waals surface area (Å²) in [7, 11) is 0. The molecule has 0 aliphatic carbocycles. The molecule has 1 saturated heterocycles. The van der Waals surface area contributed by atoms with Crippen molar-refractivity contribution in [3.05, 3.63) is 82.6 Å². The second-order valence-electron chi connectivity index (χ2n) is 8.19. The van der Waals surface area contributed by atoms with E-state index in [2.05, 4.69) is 10.2 Å². The number of rotatable bonds is 6. The molecule has 7 nitrogen and oxygen atoms in total. The number of nitrogens with one attached hydrogen (secondary N) is 2. The predicted molar refractivity (Wildman–Crippen MR) is 132 cm³/mol. The number of piperidine rings is 1. The Balaban J connectivity index is 1.38. The number of halogens is 1. The van der Waals surface area contributed by atoms with Crippen LogP contribution in [-0.2, 0) is 4.79 Å². The van der Waals surface area contributed by atoms with Crippen molar-refractivity contribution in [2.24, 2.45) is 0 Å². The van der Waals surface area contributed by atoms with Gasteiger partial charge in [0, 0.05) is 41.5 Å². The molecule has 0 unspecified atom stereocenters. The van der Waals surface area contributed by atoms with Crippen LogP contribution in [-0.4, -0.2) is 36.2 Å². The maximum Gasteiger partial charge on any atom is 0.267 e. The number of hydroxylamine groups is 1. The monoisotopic (exact) mass is 479 g/mol. The number of para-hydroxylation sites is 1. The highest BCUT2D eigenvalue weighted by atomic mass is 35.5. The fourth-order valence-electron chi connectivity index (χ4n) is 4.11. The molecule has 3 N–H and O–H groups in total. The van der Waals surface area contributed by atoms with Gasteiger partial charge < -0.3 is 14.6 Å². The highest BCUT2D eigenvalue weighted by Gasteiger charge is 2.24. The Hall–Kier alpha value is -3.55. The number of carbonyl (C=O) groups is 2. The minimum absolute atomic E-state index is 0.0555. The van der Waals surface area contributed by atoms with Gasteiger partial charge in [-0.2, -0.15) is 0 Å². The summed E-state index contributed by atoms with van der Waals surface area (Å²) in [4.78, 5) is 26.5. The molecule has 2 heterocycles. The zero-order valence-electron chi connectivity index (χ0n) is 18.8. The minimum atomic E-state index is -0.579. The van der Waals surface area contributed by atoms with Gasteiger partial charge in [-0.25, -0.2) is 5.48 Å². The molecular weight excluding hydrogens is 454 g/mol. The van der Waals surface area contributed by atoms with Crippen LogP contribution >= 0.6 is 11.6 Å². The molecule has 0 bridgehead atoms. The van der Waals surface area contributed by atoms with Crippen LogP contribution in [0, 0.1) is 6.92 Å². The summed E-state index contributed by atoms with van der Waals surface area (Å²) in [6.07, 6.45) is 4.55. The number of amides is 2. The summed E-state index contributed by atoms with van der Waals surface area (Å²) in [5, 5.41) is 12.5. The second kappa shape index (κ2) is 10.6. The lowest BCUT2D eigenvalue weighted by Gasteiger charge is -2.34. The van der Waals surface area contributed by atoms with Crippen LogP contribution in [0.4, 0.5) is 5.69 Å². The van der Waals surface area contributed by atoms with E-state index in [1.165, 1.54) is 6.08 Å². The van der Waals surface area contributed by atoms with Gasteiger partial charge in [0.25, 0.3) is 11.8 Å². The van der Waals surface area contributed by atoms with Gasteiger partial charge in [-0.05, 0) is 67.8 Å². The number of hydrogen-bond acceptors (Lipinski definition) is 5. The molecule has 34 heavy (non-hydrogen) atoms. The fraction of sp³-hybridized carbons (Fsp3) is 0.231. The molecule has 1 aromatic heterocycles. The normalized spacial score (nSPS) is 14.4. The Morgan fingerprint density at radius 3 is 2.53 bits per heavy atom. The quantitative estimate of drug-likeness (QED) is 0.267. The smallest absolute Gasteiger partial charge is 0.267 e. The fourth-order valence-corrected chi connectivity index (χ4v) is 4.24. The Kier molecular flexibility index (Phi) is 7.35. The summed E-state index contributed by atoms with van der Waals surface area (Å²) in [5.41, 5.74) is 4.89. The number of carbonyl (C=O) groups excluding carboxylic acids is 2. The van der Waals surface area contributed by atoms with E-state index in [4.69, 9.17) is 21.2 Å². The van der Waals surface area contributed by atoms with Crippen LogP contribution < -0.4 is 15.7 Å². The standard InChI is InChI=1S/C26H26ClN3O4/c1-17-22(16-24(34-17)19-6-9-20(27)10-7-19)26(32)28-21-12-14-30(15-13-21)23-5-3-2-4-18(23)8-11-25(31)29-33/h2-11,16,21,33H,12-15H2,1H3,(H,28,32)(H,29,31)/b11-8+. The molecule has 0 spiro atoms. The van der Waals surface area contributed by atoms with E-state index < -0.39 is 5.91 Å². The highest BCUT2D eigenvalue weighted by Crippen LogP contribution is 2.28. The van der Waals surface area contributed by atoms with Crippen LogP contribution in [0.2, 0.25) is 5.02 Å². The molecule has 1 aliphatic heterocycles. The average molecular weight is 480 g/mol. The summed E-state index contributed by atoms with van der Waals surface area (Å²) in [5.74, 6) is 0.490. The number of benzene rings is 2. The number of anilines is 1. The van der Waals surface area contributed by atoms with Gasteiger partial charge >= 0.3 is 0 Å². The number of furan rings is 1. The average Bonchev–Trinajstić information content (AvgIpc) is 3.25. The third-order valence-electron chi connectivity index (χ3n) is 5.92. The molecule has 0 saturated carbocycles. The topological polar surface area (TPSA) is 94.8 Å². The number of nitrogens with zero attached hydrogens (tertiary/aromatic N) is 1. The highest BCUT2D eigenvalue weighted by molar-refractivity contribution is 6.30. The van der Waals surface area contributed by atoms with Crippen LogP contribution in [0.5, 0.6) is 0 Å². The van der Waals surface area contributed by atoms with E-state index in [0.717, 1.165) is 42.7 Å². The lowest BCUT2D eigenvalue weighted by Crippen LogP contribution is -2.45. The van der Waals surface area contributed by atoms with Crippen molar-refractivity contribution in [2.45, 2.75) is 25.8 Å². The molecular formula is C26H26ClN3O4. The van der Waals surface area contributed by atoms with Crippen molar-refractivity contribution < 1.29 is 19.2 Å². The first-order chi connectivity index (χ1) is 16.4. The molecule has 2 aromatic carbocycles. The lowest BCUT2D eigenvalue weighted by atomic mass is 10.0. The third-order valence-corrected chi connectivity index (χ3v) is 6.18. The molecule has 176 valence electrons. The van der Waals surface area contributed by atoms with Gasteiger partial charge in [0.2, 0.25) is 0 Å². The van der Waals surface area contributed by atoms with Crippen molar-refractivity contribution in [1.82, 2.24) is 10.8 Å². The Morgan fingerprint density at radius 1 is 1.12 bits per heavy atom. The zero-order valence-corrected chi connectivity index (χ0v) is 19.5. The molecule has 3 aromatic rings. The second-order valence-corrected chi connectivity index (χ2v) is 8.63. The Labute approximate surface area is 203 Å². The summed E-state index contributed by atoms with van der Waals surface area (Å²) in [6.45, 7) is 3.32. The first kappa shape index (κ1) is 23.6. The predicted octanol–water partition coefficient (Wildman–Crippen LogP) is 4.83. The van der Waals surface area contributed by atoms with Crippen LogP contribution in [0.3, 0.4) is 0 Å². The van der Waals surface area contributed by atoms with Gasteiger partial charge in [0.15, 0.2) is 0 Å². The molecule has 0 radical (unpaired) electrons. The third kappa shape index (κ3) is 5.50. The Bertz CT molecular complexity index is 1200. The van der Waals surface area contributed by atoms with Crippen molar-refractivity contribution in [3.8, 4) is 11.3 Å². The first-order valence-corrected chi connectivity index (χ1v) is 11.5. The van der Waals surface area contributed by atoms with Gasteiger partial charge in [0.05, 0.1) is 5.56 Å². The Morgan fingerprint density at radius 2 is 1.82 bits per heavy atom. The zero-order chi connectivity index (χ0) is 24.1. The maximum absolute atomic E-state index is 12.9. The number of aryl methyl sites for hydroxylation is 1. The van der Waals surface area contributed by atoms with Crippen molar-refractivity contribution in [2.75, 3.05) is 18.0 Å². The first-order valence-electron chi connectivity index (χ1n) is 11.1. The molecule has 0 atom stereocenters. The van der Waals surface area contributed by atoms with Crippen molar-refractivity contribution >= 4 is 35.2 Å². The summed E-state index contributed by atoms with van der Waals surface area (Å²) in [6, 6.07) is 16.9. The number of hydrogen-bond donors (Lipinski definition) is 3. The summed E-state index contributed by atoms with van der Waals surface area (Å²) < 4.78 is 5.82. The van der Waals surface area contributed by atoms with E-state index in [-0.39, 0.29) is 11.9 Å². The van der Waals surface area contributed by atoms with E-state index in [1.807, 2.05) is 36.4 Å². The summed E-state index contributed by atoms with van der Waals surface area (Å²) >= 11 is 5.96.